The van der Waals surface area contributed by atoms with E-state index < -0.39 is 23.6 Å². The van der Waals surface area contributed by atoms with E-state index in [9.17, 15) is 23.1 Å². The molecule has 0 fully saturated rings. The fourth-order valence-corrected chi connectivity index (χ4v) is 1.77. The second-order valence-corrected chi connectivity index (χ2v) is 4.25. The van der Waals surface area contributed by atoms with Gasteiger partial charge in [-0.3, -0.25) is 4.79 Å². The molecule has 0 aromatic heterocycles. The van der Waals surface area contributed by atoms with Gasteiger partial charge in [0.25, 0.3) is 0 Å². The van der Waals surface area contributed by atoms with Crippen LogP contribution in [0.2, 0.25) is 0 Å². The third-order valence-corrected chi connectivity index (χ3v) is 2.86. The molecule has 0 saturated carbocycles. The van der Waals surface area contributed by atoms with E-state index in [0.717, 1.165) is 24.3 Å². The molecule has 0 spiro atoms. The van der Waals surface area contributed by atoms with Gasteiger partial charge < -0.3 is 5.11 Å². The van der Waals surface area contributed by atoms with Crippen LogP contribution in [0.15, 0.2) is 54.6 Å². The van der Waals surface area contributed by atoms with Crippen molar-refractivity contribution in [2.75, 3.05) is 0 Å². The summed E-state index contributed by atoms with van der Waals surface area (Å²) >= 11 is 0. The molecule has 5 heteroatoms. The van der Waals surface area contributed by atoms with Crippen molar-refractivity contribution in [2.45, 2.75) is 12.3 Å². The highest BCUT2D eigenvalue weighted by Crippen LogP contribution is 2.29. The first-order chi connectivity index (χ1) is 9.39. The Morgan fingerprint density at radius 1 is 0.950 bits per heavy atom. The molecule has 2 aromatic rings. The lowest BCUT2D eigenvalue weighted by Gasteiger charge is -2.11. The number of rotatable bonds is 3. The van der Waals surface area contributed by atoms with Gasteiger partial charge in [-0.25, -0.2) is 0 Å². The number of aliphatic hydroxyl groups is 1. The van der Waals surface area contributed by atoms with Crippen molar-refractivity contribution in [1.29, 1.82) is 0 Å². The minimum Gasteiger partial charge on any atom is -0.380 e. The molecule has 2 nitrogen and oxygen atoms in total. The van der Waals surface area contributed by atoms with Gasteiger partial charge in [-0.1, -0.05) is 42.5 Å². The van der Waals surface area contributed by atoms with Crippen LogP contribution in [-0.2, 0) is 6.18 Å². The Kier molecular flexibility index (Phi) is 3.90. The number of aliphatic hydroxyl groups excluding tert-OH is 1. The van der Waals surface area contributed by atoms with Crippen molar-refractivity contribution < 1.29 is 23.1 Å². The van der Waals surface area contributed by atoms with Crippen molar-refractivity contribution in [3.63, 3.8) is 0 Å². The predicted octanol–water partition coefficient (Wildman–Crippen LogP) is 3.62. The lowest BCUT2D eigenvalue weighted by atomic mass is 9.99. The Morgan fingerprint density at radius 3 is 2.00 bits per heavy atom. The minimum atomic E-state index is -4.44. The van der Waals surface area contributed by atoms with E-state index in [4.69, 9.17) is 0 Å². The molecule has 104 valence electrons. The maximum absolute atomic E-state index is 12.4. The molecule has 1 N–H and O–H groups in total. The van der Waals surface area contributed by atoms with Gasteiger partial charge in [0.05, 0.1) is 5.56 Å². The summed E-state index contributed by atoms with van der Waals surface area (Å²) in [4.78, 5) is 12.0. The zero-order valence-electron chi connectivity index (χ0n) is 10.3. The van der Waals surface area contributed by atoms with Gasteiger partial charge in [-0.05, 0) is 17.7 Å². The summed E-state index contributed by atoms with van der Waals surface area (Å²) in [6, 6.07) is 12.0. The highest BCUT2D eigenvalue weighted by Gasteiger charge is 2.30. The first kappa shape index (κ1) is 14.3. The zero-order chi connectivity index (χ0) is 14.8. The highest BCUT2D eigenvalue weighted by atomic mass is 19.4. The van der Waals surface area contributed by atoms with Gasteiger partial charge in [-0.15, -0.1) is 0 Å². The number of ketones is 1. The largest absolute Gasteiger partial charge is 0.416 e. The maximum Gasteiger partial charge on any atom is 0.416 e. The lowest BCUT2D eigenvalue weighted by Crippen LogP contribution is -2.13. The molecule has 1 atom stereocenters. The molecule has 20 heavy (non-hydrogen) atoms. The highest BCUT2D eigenvalue weighted by molar-refractivity contribution is 5.99. The maximum atomic E-state index is 12.4. The van der Waals surface area contributed by atoms with E-state index in [-0.39, 0.29) is 5.56 Å². The first-order valence-electron chi connectivity index (χ1n) is 5.84. The number of hydrogen-bond acceptors (Lipinski definition) is 2. The Hall–Kier alpha value is -2.14. The van der Waals surface area contributed by atoms with Crippen molar-refractivity contribution in [3.05, 3.63) is 71.3 Å². The molecular formula is C15H11F3O2. The van der Waals surface area contributed by atoms with Crippen molar-refractivity contribution in [2.24, 2.45) is 0 Å². The average molecular weight is 280 g/mol. The molecule has 0 saturated heterocycles. The fraction of sp³-hybridized carbons (Fsp3) is 0.133. The van der Waals surface area contributed by atoms with Crippen LogP contribution >= 0.6 is 0 Å². The molecule has 0 heterocycles. The molecule has 2 aromatic carbocycles. The Bertz CT molecular complexity index is 589. The topological polar surface area (TPSA) is 37.3 Å². The zero-order valence-corrected chi connectivity index (χ0v) is 10.3. The van der Waals surface area contributed by atoms with E-state index in [2.05, 4.69) is 0 Å². The fourth-order valence-electron chi connectivity index (χ4n) is 1.77. The van der Waals surface area contributed by atoms with E-state index in [1.807, 2.05) is 0 Å². The number of alkyl halides is 3. The number of halogens is 3. The van der Waals surface area contributed by atoms with E-state index in [1.165, 1.54) is 0 Å². The smallest absolute Gasteiger partial charge is 0.380 e. The number of Topliss-reactive ketones (excluding diaryl/α,β-unsaturated/α-hetero) is 1. The van der Waals surface area contributed by atoms with Crippen LogP contribution in [0, 0.1) is 0 Å². The third-order valence-electron chi connectivity index (χ3n) is 2.86. The summed E-state index contributed by atoms with van der Waals surface area (Å²) in [6.45, 7) is 0. The standard InChI is InChI=1S/C15H11F3O2/c16-15(17,18)12-8-6-11(7-9-12)14(20)13(19)10-4-2-1-3-5-10/h1-9,13,19H. The summed E-state index contributed by atoms with van der Waals surface area (Å²) in [5.74, 6) is -0.634. The quantitative estimate of drug-likeness (QED) is 0.872. The Morgan fingerprint density at radius 2 is 1.50 bits per heavy atom. The number of hydrogen-bond donors (Lipinski definition) is 1. The summed E-state index contributed by atoms with van der Waals surface area (Å²) in [5, 5.41) is 9.90. The molecule has 0 aliphatic heterocycles. The van der Waals surface area contributed by atoms with Gasteiger partial charge in [0.15, 0.2) is 5.78 Å². The molecule has 0 aliphatic rings. The van der Waals surface area contributed by atoms with Crippen LogP contribution in [0.3, 0.4) is 0 Å². The van der Waals surface area contributed by atoms with Gasteiger partial charge in [0.2, 0.25) is 0 Å². The van der Waals surface area contributed by atoms with Crippen LogP contribution in [0.4, 0.5) is 13.2 Å². The molecule has 2 rings (SSSR count). The Labute approximate surface area is 113 Å². The molecular weight excluding hydrogens is 269 g/mol. The lowest BCUT2D eigenvalue weighted by molar-refractivity contribution is -0.137. The van der Waals surface area contributed by atoms with Gasteiger partial charge in [-0.2, -0.15) is 13.2 Å². The number of benzene rings is 2. The molecule has 0 amide bonds. The van der Waals surface area contributed by atoms with Gasteiger partial charge >= 0.3 is 6.18 Å². The monoisotopic (exact) mass is 280 g/mol. The molecule has 0 radical (unpaired) electrons. The summed E-state index contributed by atoms with van der Waals surface area (Å²) < 4.78 is 37.2. The number of carbonyl (C=O) groups excluding carboxylic acids is 1. The van der Waals surface area contributed by atoms with Crippen LogP contribution in [0.25, 0.3) is 0 Å². The summed E-state index contributed by atoms with van der Waals surface area (Å²) in [6.07, 6.45) is -5.83. The Balaban J connectivity index is 2.22. The minimum absolute atomic E-state index is 0.0364. The number of carbonyl (C=O) groups is 1. The third kappa shape index (κ3) is 3.05. The predicted molar refractivity (Wildman–Crippen MR) is 67.2 cm³/mol. The van der Waals surface area contributed by atoms with E-state index in [0.29, 0.717) is 5.56 Å². The SMILES string of the molecule is O=C(c1ccc(C(F)(F)F)cc1)C(O)c1ccccc1. The van der Waals surface area contributed by atoms with Crippen molar-refractivity contribution in [1.82, 2.24) is 0 Å². The summed E-state index contributed by atoms with van der Waals surface area (Å²) in [5.41, 5.74) is -0.394. The van der Waals surface area contributed by atoms with Crippen molar-refractivity contribution in [3.8, 4) is 0 Å². The van der Waals surface area contributed by atoms with Gasteiger partial charge in [0, 0.05) is 5.56 Å². The molecule has 0 bridgehead atoms. The normalized spacial score (nSPS) is 13.0. The molecule has 1 unspecified atom stereocenters. The van der Waals surface area contributed by atoms with E-state index >= 15 is 0 Å². The molecule has 0 aliphatic carbocycles. The van der Waals surface area contributed by atoms with E-state index in [1.54, 1.807) is 30.3 Å². The second-order valence-electron chi connectivity index (χ2n) is 4.25. The average Bonchev–Trinajstić information content (AvgIpc) is 2.46. The van der Waals surface area contributed by atoms with Crippen LogP contribution in [0.5, 0.6) is 0 Å². The summed E-state index contributed by atoms with van der Waals surface area (Å²) in [7, 11) is 0. The van der Waals surface area contributed by atoms with Crippen LogP contribution < -0.4 is 0 Å². The van der Waals surface area contributed by atoms with Gasteiger partial charge in [0.1, 0.15) is 6.10 Å². The van der Waals surface area contributed by atoms with Crippen LogP contribution in [-0.4, -0.2) is 10.9 Å². The van der Waals surface area contributed by atoms with Crippen molar-refractivity contribution >= 4 is 5.78 Å². The first-order valence-corrected chi connectivity index (χ1v) is 5.84. The second kappa shape index (κ2) is 5.46. The van der Waals surface area contributed by atoms with Crippen LogP contribution in [0.1, 0.15) is 27.6 Å².